The van der Waals surface area contributed by atoms with E-state index in [9.17, 15) is 4.79 Å². The third-order valence-electron chi connectivity index (χ3n) is 3.24. The third-order valence-corrected chi connectivity index (χ3v) is 3.24. The maximum Gasteiger partial charge on any atom is 0.255 e. The quantitative estimate of drug-likeness (QED) is 0.906. The summed E-state index contributed by atoms with van der Waals surface area (Å²) < 4.78 is 1.90. The Bertz CT molecular complexity index is 615. The fourth-order valence-electron chi connectivity index (χ4n) is 2.36. The first-order valence-corrected chi connectivity index (χ1v) is 7.06. The van der Waals surface area contributed by atoms with E-state index in [1.807, 2.05) is 54.1 Å². The highest BCUT2D eigenvalue weighted by Gasteiger charge is 2.11. The SMILES string of the molecule is CNCc1ccc(-c2ccccc2)n(CC(C)C)c1=O. The van der Waals surface area contributed by atoms with E-state index in [0.717, 1.165) is 23.4 Å². The van der Waals surface area contributed by atoms with Crippen molar-refractivity contribution in [2.75, 3.05) is 7.05 Å². The predicted molar refractivity (Wildman–Crippen MR) is 83.7 cm³/mol. The molecule has 0 saturated heterocycles. The summed E-state index contributed by atoms with van der Waals surface area (Å²) in [6, 6.07) is 14.1. The Balaban J connectivity index is 2.57. The average molecular weight is 270 g/mol. The molecule has 106 valence electrons. The smallest absolute Gasteiger partial charge is 0.255 e. The van der Waals surface area contributed by atoms with Crippen molar-refractivity contribution >= 4 is 0 Å². The normalized spacial score (nSPS) is 11.0. The molecule has 0 aliphatic carbocycles. The molecule has 1 aromatic heterocycles. The minimum Gasteiger partial charge on any atom is -0.315 e. The van der Waals surface area contributed by atoms with E-state index < -0.39 is 0 Å². The van der Waals surface area contributed by atoms with Gasteiger partial charge in [-0.1, -0.05) is 50.2 Å². The van der Waals surface area contributed by atoms with Crippen molar-refractivity contribution in [3.63, 3.8) is 0 Å². The summed E-state index contributed by atoms with van der Waals surface area (Å²) in [6.45, 7) is 5.60. The number of pyridine rings is 1. The van der Waals surface area contributed by atoms with Gasteiger partial charge in [-0.2, -0.15) is 0 Å². The summed E-state index contributed by atoms with van der Waals surface area (Å²) in [5.74, 6) is 0.431. The second-order valence-corrected chi connectivity index (χ2v) is 5.45. The lowest BCUT2D eigenvalue weighted by molar-refractivity contribution is 0.511. The van der Waals surface area contributed by atoms with Crippen LogP contribution < -0.4 is 10.9 Å². The molecule has 2 rings (SSSR count). The van der Waals surface area contributed by atoms with E-state index in [1.165, 1.54) is 0 Å². The molecular weight excluding hydrogens is 248 g/mol. The molecule has 1 heterocycles. The molecule has 3 nitrogen and oxygen atoms in total. The number of nitrogens with one attached hydrogen (secondary N) is 1. The van der Waals surface area contributed by atoms with Gasteiger partial charge in [0.15, 0.2) is 0 Å². The molecule has 0 fully saturated rings. The number of hydrogen-bond acceptors (Lipinski definition) is 2. The van der Waals surface area contributed by atoms with Gasteiger partial charge in [-0.05, 0) is 24.6 Å². The van der Waals surface area contributed by atoms with Gasteiger partial charge < -0.3 is 9.88 Å². The Morgan fingerprint density at radius 3 is 2.40 bits per heavy atom. The third kappa shape index (κ3) is 3.17. The van der Waals surface area contributed by atoms with Gasteiger partial charge in [0.1, 0.15) is 0 Å². The van der Waals surface area contributed by atoms with E-state index in [0.29, 0.717) is 12.5 Å². The van der Waals surface area contributed by atoms with Gasteiger partial charge >= 0.3 is 0 Å². The topological polar surface area (TPSA) is 34.0 Å². The van der Waals surface area contributed by atoms with Gasteiger partial charge in [-0.3, -0.25) is 4.79 Å². The zero-order valence-corrected chi connectivity index (χ0v) is 12.4. The molecule has 0 bridgehead atoms. The van der Waals surface area contributed by atoms with Gasteiger partial charge in [0.05, 0.1) is 5.69 Å². The Morgan fingerprint density at radius 1 is 1.10 bits per heavy atom. The summed E-state index contributed by atoms with van der Waals surface area (Å²) in [7, 11) is 1.86. The largest absolute Gasteiger partial charge is 0.315 e. The first-order valence-electron chi connectivity index (χ1n) is 7.06. The monoisotopic (exact) mass is 270 g/mol. The van der Waals surface area contributed by atoms with Crippen molar-refractivity contribution in [1.29, 1.82) is 0 Å². The van der Waals surface area contributed by atoms with Crippen LogP contribution in [0.1, 0.15) is 19.4 Å². The van der Waals surface area contributed by atoms with Crippen LogP contribution in [0.4, 0.5) is 0 Å². The Morgan fingerprint density at radius 2 is 1.80 bits per heavy atom. The zero-order valence-electron chi connectivity index (χ0n) is 12.4. The van der Waals surface area contributed by atoms with Crippen molar-refractivity contribution in [2.45, 2.75) is 26.9 Å². The summed E-state index contributed by atoms with van der Waals surface area (Å²) >= 11 is 0. The van der Waals surface area contributed by atoms with Crippen molar-refractivity contribution in [3.8, 4) is 11.3 Å². The molecule has 3 heteroatoms. The second-order valence-electron chi connectivity index (χ2n) is 5.45. The first kappa shape index (κ1) is 14.5. The molecular formula is C17H22N2O. The Labute approximate surface area is 120 Å². The maximum atomic E-state index is 12.6. The molecule has 0 saturated carbocycles. The molecule has 0 aliphatic heterocycles. The van der Waals surface area contributed by atoms with Crippen molar-refractivity contribution in [2.24, 2.45) is 5.92 Å². The van der Waals surface area contributed by atoms with Crippen LogP contribution >= 0.6 is 0 Å². The molecule has 0 aliphatic rings. The standard InChI is InChI=1S/C17H22N2O/c1-13(2)12-19-16(14-7-5-4-6-8-14)10-9-15(11-18-3)17(19)20/h4-10,13,18H,11-12H2,1-3H3. The summed E-state index contributed by atoms with van der Waals surface area (Å²) in [5.41, 5.74) is 2.99. The number of aromatic nitrogens is 1. The van der Waals surface area contributed by atoms with Crippen LogP contribution in [-0.4, -0.2) is 11.6 Å². The van der Waals surface area contributed by atoms with E-state index >= 15 is 0 Å². The molecule has 0 spiro atoms. The van der Waals surface area contributed by atoms with E-state index in [-0.39, 0.29) is 5.56 Å². The lowest BCUT2D eigenvalue weighted by Gasteiger charge is -2.16. The number of nitrogens with zero attached hydrogens (tertiary/aromatic N) is 1. The summed E-state index contributed by atoms with van der Waals surface area (Å²) in [6.07, 6.45) is 0. The molecule has 1 N–H and O–H groups in total. The zero-order chi connectivity index (χ0) is 14.5. The van der Waals surface area contributed by atoms with Gasteiger partial charge in [-0.15, -0.1) is 0 Å². The number of benzene rings is 1. The van der Waals surface area contributed by atoms with Crippen LogP contribution in [0.2, 0.25) is 0 Å². The average Bonchev–Trinajstić information content (AvgIpc) is 2.44. The first-order chi connectivity index (χ1) is 9.63. The molecule has 0 amide bonds. The molecule has 0 unspecified atom stereocenters. The summed E-state index contributed by atoms with van der Waals surface area (Å²) in [4.78, 5) is 12.6. The fourth-order valence-corrected chi connectivity index (χ4v) is 2.36. The molecule has 2 aromatic rings. The van der Waals surface area contributed by atoms with Gasteiger partial charge in [0, 0.05) is 18.7 Å². The van der Waals surface area contributed by atoms with Gasteiger partial charge in [-0.25, -0.2) is 0 Å². The predicted octanol–water partition coefficient (Wildman–Crippen LogP) is 2.89. The summed E-state index contributed by atoms with van der Waals surface area (Å²) in [5, 5.41) is 3.05. The fraction of sp³-hybridized carbons (Fsp3) is 0.353. The minimum atomic E-state index is 0.106. The number of rotatable bonds is 5. The molecule has 1 aromatic carbocycles. The second kappa shape index (κ2) is 6.53. The van der Waals surface area contributed by atoms with Crippen molar-refractivity contribution < 1.29 is 0 Å². The lowest BCUT2D eigenvalue weighted by Crippen LogP contribution is -2.28. The van der Waals surface area contributed by atoms with Crippen molar-refractivity contribution in [3.05, 3.63) is 58.4 Å². The number of hydrogen-bond donors (Lipinski definition) is 1. The van der Waals surface area contributed by atoms with Crippen LogP contribution in [0, 0.1) is 5.92 Å². The van der Waals surface area contributed by atoms with Crippen molar-refractivity contribution in [1.82, 2.24) is 9.88 Å². The lowest BCUT2D eigenvalue weighted by atomic mass is 10.1. The van der Waals surface area contributed by atoms with E-state index in [2.05, 4.69) is 19.2 Å². The van der Waals surface area contributed by atoms with E-state index in [1.54, 1.807) is 0 Å². The van der Waals surface area contributed by atoms with Crippen LogP contribution in [-0.2, 0) is 13.1 Å². The van der Waals surface area contributed by atoms with Gasteiger partial charge in [0.2, 0.25) is 0 Å². The van der Waals surface area contributed by atoms with Crippen LogP contribution in [0.3, 0.4) is 0 Å². The molecule has 20 heavy (non-hydrogen) atoms. The van der Waals surface area contributed by atoms with Crippen LogP contribution in [0.25, 0.3) is 11.3 Å². The maximum absolute atomic E-state index is 12.6. The highest BCUT2D eigenvalue weighted by atomic mass is 16.1. The van der Waals surface area contributed by atoms with Crippen LogP contribution in [0.5, 0.6) is 0 Å². The molecule has 0 radical (unpaired) electrons. The Kier molecular flexibility index (Phi) is 4.74. The van der Waals surface area contributed by atoms with Crippen LogP contribution in [0.15, 0.2) is 47.3 Å². The molecule has 0 atom stereocenters. The minimum absolute atomic E-state index is 0.106. The van der Waals surface area contributed by atoms with Gasteiger partial charge in [0.25, 0.3) is 5.56 Å². The highest BCUT2D eigenvalue weighted by Crippen LogP contribution is 2.19. The highest BCUT2D eigenvalue weighted by molar-refractivity contribution is 5.59. The Hall–Kier alpha value is -1.87. The van der Waals surface area contributed by atoms with E-state index in [4.69, 9.17) is 0 Å².